The summed E-state index contributed by atoms with van der Waals surface area (Å²) in [6, 6.07) is 9.00. The van der Waals surface area contributed by atoms with Crippen LogP contribution >= 0.6 is 0 Å². The first-order chi connectivity index (χ1) is 7.90. The fourth-order valence-electron chi connectivity index (χ4n) is 2.11. The van der Waals surface area contributed by atoms with Gasteiger partial charge in [-0.15, -0.1) is 0 Å². The number of nitrogens with one attached hydrogen (secondary N) is 1. The lowest BCUT2D eigenvalue weighted by atomic mass is 9.80. The second-order valence-corrected chi connectivity index (χ2v) is 4.54. The van der Waals surface area contributed by atoms with Crippen molar-refractivity contribution >= 4 is 0 Å². The molecule has 0 bridgehead atoms. The van der Waals surface area contributed by atoms with E-state index in [9.17, 15) is 0 Å². The Morgan fingerprint density at radius 3 is 2.94 bits per heavy atom. The lowest BCUT2D eigenvalue weighted by Gasteiger charge is -2.26. The van der Waals surface area contributed by atoms with E-state index in [-0.39, 0.29) is 0 Å². The molecule has 0 radical (unpaired) electrons. The Morgan fingerprint density at radius 2 is 2.25 bits per heavy atom. The van der Waals surface area contributed by atoms with E-state index in [4.69, 9.17) is 4.74 Å². The summed E-state index contributed by atoms with van der Waals surface area (Å²) >= 11 is 0. The minimum absolute atomic E-state index is 0.780. The average Bonchev–Trinajstić information content (AvgIpc) is 2.23. The van der Waals surface area contributed by atoms with Gasteiger partial charge < -0.3 is 10.1 Å². The summed E-state index contributed by atoms with van der Waals surface area (Å²) in [5.74, 6) is 0.832. The van der Waals surface area contributed by atoms with Gasteiger partial charge in [-0.2, -0.15) is 0 Å². The van der Waals surface area contributed by atoms with E-state index in [1.54, 1.807) is 7.11 Å². The zero-order valence-corrected chi connectivity index (χ0v) is 10.0. The number of methoxy groups -OCH3 is 1. The van der Waals surface area contributed by atoms with E-state index in [0.717, 1.165) is 25.6 Å². The lowest BCUT2D eigenvalue weighted by Crippen LogP contribution is -2.18. The molecule has 0 amide bonds. The molecule has 1 aromatic carbocycles. The molecular weight excluding hydrogens is 198 g/mol. The van der Waals surface area contributed by atoms with Gasteiger partial charge in [0.05, 0.1) is 6.61 Å². The van der Waals surface area contributed by atoms with Gasteiger partial charge in [0.15, 0.2) is 0 Å². The van der Waals surface area contributed by atoms with Crippen molar-refractivity contribution in [3.05, 3.63) is 35.4 Å². The highest BCUT2D eigenvalue weighted by Gasteiger charge is 2.19. The molecule has 0 aromatic heterocycles. The predicted octanol–water partition coefficient (Wildman–Crippen LogP) is 2.69. The molecule has 88 valence electrons. The Labute approximate surface area is 98.0 Å². The number of hydrogen-bond acceptors (Lipinski definition) is 2. The Bertz CT molecular complexity index is 320. The van der Waals surface area contributed by atoms with Crippen molar-refractivity contribution in [1.82, 2.24) is 5.32 Å². The average molecular weight is 219 g/mol. The molecule has 0 saturated heterocycles. The van der Waals surface area contributed by atoms with Gasteiger partial charge in [-0.05, 0) is 29.9 Å². The lowest BCUT2D eigenvalue weighted by molar-refractivity contribution is 0.199. The zero-order valence-electron chi connectivity index (χ0n) is 10.0. The SMILES string of the molecule is COCCNCc1cccc(C2CCC2)c1. The van der Waals surface area contributed by atoms with E-state index >= 15 is 0 Å². The molecule has 1 aromatic rings. The first-order valence-electron chi connectivity index (χ1n) is 6.18. The predicted molar refractivity (Wildman–Crippen MR) is 66.6 cm³/mol. The molecule has 0 aliphatic heterocycles. The molecule has 1 fully saturated rings. The highest BCUT2D eigenvalue weighted by molar-refractivity contribution is 5.27. The van der Waals surface area contributed by atoms with Crippen LogP contribution in [0, 0.1) is 0 Å². The van der Waals surface area contributed by atoms with Gasteiger partial charge in [0.25, 0.3) is 0 Å². The highest BCUT2D eigenvalue weighted by Crippen LogP contribution is 2.36. The smallest absolute Gasteiger partial charge is 0.0587 e. The molecule has 16 heavy (non-hydrogen) atoms. The molecule has 1 aliphatic rings. The fourth-order valence-corrected chi connectivity index (χ4v) is 2.11. The molecular formula is C14H21NO. The van der Waals surface area contributed by atoms with Crippen molar-refractivity contribution < 1.29 is 4.74 Å². The summed E-state index contributed by atoms with van der Waals surface area (Å²) in [5, 5.41) is 3.38. The Balaban J connectivity index is 1.84. The van der Waals surface area contributed by atoms with Gasteiger partial charge in [-0.3, -0.25) is 0 Å². The van der Waals surface area contributed by atoms with Crippen molar-refractivity contribution in [3.8, 4) is 0 Å². The van der Waals surface area contributed by atoms with Crippen LogP contribution in [0.2, 0.25) is 0 Å². The third-order valence-electron chi connectivity index (χ3n) is 3.34. The van der Waals surface area contributed by atoms with Crippen LogP contribution in [0.5, 0.6) is 0 Å². The van der Waals surface area contributed by atoms with Crippen molar-refractivity contribution in [3.63, 3.8) is 0 Å². The van der Waals surface area contributed by atoms with E-state index in [1.807, 2.05) is 0 Å². The minimum Gasteiger partial charge on any atom is -0.383 e. The maximum atomic E-state index is 5.01. The van der Waals surface area contributed by atoms with Gasteiger partial charge in [0.2, 0.25) is 0 Å². The minimum atomic E-state index is 0.780. The number of ether oxygens (including phenoxy) is 1. The fraction of sp³-hybridized carbons (Fsp3) is 0.571. The van der Waals surface area contributed by atoms with Crippen LogP contribution in [-0.2, 0) is 11.3 Å². The van der Waals surface area contributed by atoms with Crippen molar-refractivity contribution in [2.75, 3.05) is 20.3 Å². The Kier molecular flexibility index (Phi) is 4.37. The summed E-state index contributed by atoms with van der Waals surface area (Å²) < 4.78 is 5.01. The monoisotopic (exact) mass is 219 g/mol. The normalized spacial score (nSPS) is 16.1. The van der Waals surface area contributed by atoms with E-state index < -0.39 is 0 Å². The van der Waals surface area contributed by atoms with Crippen molar-refractivity contribution in [1.29, 1.82) is 0 Å². The standard InChI is InChI=1S/C14H21NO/c1-16-9-8-15-11-12-4-2-7-14(10-12)13-5-3-6-13/h2,4,7,10,13,15H,3,5-6,8-9,11H2,1H3. The molecule has 1 saturated carbocycles. The van der Waals surface area contributed by atoms with Gasteiger partial charge in [0.1, 0.15) is 0 Å². The number of benzene rings is 1. The summed E-state index contributed by atoms with van der Waals surface area (Å²) in [4.78, 5) is 0. The quantitative estimate of drug-likeness (QED) is 0.743. The molecule has 0 heterocycles. The van der Waals surface area contributed by atoms with Crippen LogP contribution in [0.4, 0.5) is 0 Å². The number of rotatable bonds is 6. The Hall–Kier alpha value is -0.860. The van der Waals surface area contributed by atoms with Gasteiger partial charge in [-0.1, -0.05) is 30.7 Å². The van der Waals surface area contributed by atoms with Crippen LogP contribution in [0.1, 0.15) is 36.3 Å². The molecule has 1 aliphatic carbocycles. The van der Waals surface area contributed by atoms with Crippen LogP contribution in [0.15, 0.2) is 24.3 Å². The zero-order chi connectivity index (χ0) is 11.2. The third-order valence-corrected chi connectivity index (χ3v) is 3.34. The summed E-state index contributed by atoms with van der Waals surface area (Å²) in [6.07, 6.45) is 4.15. The Morgan fingerprint density at radius 1 is 1.38 bits per heavy atom. The van der Waals surface area contributed by atoms with Crippen LogP contribution in [0.25, 0.3) is 0 Å². The van der Waals surface area contributed by atoms with Crippen LogP contribution in [-0.4, -0.2) is 20.3 Å². The van der Waals surface area contributed by atoms with Gasteiger partial charge in [-0.25, -0.2) is 0 Å². The summed E-state index contributed by atoms with van der Waals surface area (Å²) in [7, 11) is 1.74. The largest absolute Gasteiger partial charge is 0.383 e. The van der Waals surface area contributed by atoms with E-state index in [0.29, 0.717) is 0 Å². The number of hydrogen-bond donors (Lipinski definition) is 1. The van der Waals surface area contributed by atoms with Gasteiger partial charge >= 0.3 is 0 Å². The third kappa shape index (κ3) is 3.06. The molecule has 2 rings (SSSR count). The first-order valence-corrected chi connectivity index (χ1v) is 6.18. The first kappa shape index (κ1) is 11.6. The summed E-state index contributed by atoms with van der Waals surface area (Å²) in [6.45, 7) is 2.65. The topological polar surface area (TPSA) is 21.3 Å². The molecule has 0 spiro atoms. The molecule has 0 atom stereocenters. The van der Waals surface area contributed by atoms with Crippen LogP contribution in [0.3, 0.4) is 0 Å². The van der Waals surface area contributed by atoms with E-state index in [1.165, 1.54) is 30.4 Å². The highest BCUT2D eigenvalue weighted by atomic mass is 16.5. The second kappa shape index (κ2) is 6.02. The van der Waals surface area contributed by atoms with Crippen molar-refractivity contribution in [2.24, 2.45) is 0 Å². The van der Waals surface area contributed by atoms with E-state index in [2.05, 4.69) is 29.6 Å². The molecule has 2 nitrogen and oxygen atoms in total. The molecule has 2 heteroatoms. The maximum Gasteiger partial charge on any atom is 0.0587 e. The summed E-state index contributed by atoms with van der Waals surface area (Å²) in [5.41, 5.74) is 2.91. The van der Waals surface area contributed by atoms with Crippen LogP contribution < -0.4 is 5.32 Å². The molecule has 0 unspecified atom stereocenters. The second-order valence-electron chi connectivity index (χ2n) is 4.54. The van der Waals surface area contributed by atoms with Gasteiger partial charge in [0, 0.05) is 20.2 Å². The van der Waals surface area contributed by atoms with Crippen molar-refractivity contribution in [2.45, 2.75) is 31.7 Å². The molecule has 1 N–H and O–H groups in total. The maximum absolute atomic E-state index is 5.01.